The van der Waals surface area contributed by atoms with E-state index < -0.39 is 206 Å². The van der Waals surface area contributed by atoms with E-state index >= 15 is 0 Å². The number of nitrogens with zero attached hydrogens (tertiary/aromatic N) is 6. The summed E-state index contributed by atoms with van der Waals surface area (Å²) in [6.45, 7) is 0. The summed E-state index contributed by atoms with van der Waals surface area (Å²) in [6.07, 6.45) is -54.8. The van der Waals surface area contributed by atoms with Crippen molar-refractivity contribution in [3.63, 3.8) is 0 Å². The Morgan fingerprint density at radius 1 is 0.353 bits per heavy atom. The molecule has 0 aromatic heterocycles. The molecule has 0 aliphatic heterocycles. The quantitative estimate of drug-likeness (QED) is 0.0240. The Morgan fingerprint density at radius 2 is 0.600 bits per heavy atom. The fraction of sp³-hybridized carbons (Fsp3) is 0.173. The zero-order valence-corrected chi connectivity index (χ0v) is 42.1. The molecule has 0 atom stereocenters. The highest BCUT2D eigenvalue weighted by Gasteiger charge is 2.47. The van der Waals surface area contributed by atoms with Gasteiger partial charge in [-0.2, -0.15) is 127 Å². The number of hydrogen-bond acceptors (Lipinski definition) is 3. The lowest BCUT2D eigenvalue weighted by Crippen LogP contribution is -2.75. The van der Waals surface area contributed by atoms with E-state index in [-0.39, 0.29) is 11.5 Å². The van der Waals surface area contributed by atoms with Crippen molar-refractivity contribution in [2.75, 3.05) is 5.75 Å². The summed E-state index contributed by atoms with van der Waals surface area (Å²) in [4.78, 5) is 20.3. The molecule has 85 heavy (non-hydrogen) atoms. The second-order valence-electron chi connectivity index (χ2n) is 17.9. The maximum absolute atomic E-state index is 14.2. The fourth-order valence-corrected chi connectivity index (χ4v) is 10.8. The molecule has 448 valence electrons. The van der Waals surface area contributed by atoms with E-state index in [0.29, 0.717) is 16.9 Å². The molecule has 0 amide bonds. The zero-order valence-electron chi connectivity index (χ0n) is 41.3. The van der Waals surface area contributed by atoms with Gasteiger partial charge in [-0.3, -0.25) is 4.79 Å². The van der Waals surface area contributed by atoms with Crippen LogP contribution in [0.5, 0.6) is 0 Å². The summed E-state index contributed by atoms with van der Waals surface area (Å²) >= 11 is 0. The average molecular weight is 1250 g/mol. The number of ketones is 1. The lowest BCUT2D eigenvalue weighted by Gasteiger charge is -2.46. The number of Topliss-reactive ketones (excluding diaryl/α,β-unsaturated/α-hetero) is 1. The molecule has 0 aliphatic rings. The third-order valence-corrected chi connectivity index (χ3v) is 14.5. The highest BCUT2D eigenvalue weighted by atomic mass is 32.2. The van der Waals surface area contributed by atoms with Crippen LogP contribution in [0.3, 0.4) is 0 Å². The number of halogens is 24. The van der Waals surface area contributed by atoms with Gasteiger partial charge in [-0.15, -0.1) is 0 Å². The van der Waals surface area contributed by atoms with Crippen LogP contribution in [0.15, 0.2) is 172 Å². The summed E-state index contributed by atoms with van der Waals surface area (Å²) in [7, 11) is -0.626. The minimum absolute atomic E-state index is 0.00677. The molecule has 7 aromatic carbocycles. The number of benzene rings is 7. The van der Waals surface area contributed by atoms with Crippen LogP contribution >= 0.6 is 0 Å². The largest absolute Gasteiger partial charge is 0.416 e. The van der Waals surface area contributed by atoms with Gasteiger partial charge in [0.15, 0.2) is 15.5 Å². The zero-order chi connectivity index (χ0) is 63.7. The van der Waals surface area contributed by atoms with Gasteiger partial charge in [-0.05, 0) is 47.5 Å². The Kier molecular flexibility index (Phi) is 18.5. The molecule has 7 nitrogen and oxygen atoms in total. The number of carbonyl (C=O) groups excluding carboxylic acids is 1. The first-order chi connectivity index (χ1) is 39.0. The van der Waals surface area contributed by atoms with Crippen molar-refractivity contribution in [1.29, 1.82) is 0 Å². The van der Waals surface area contributed by atoms with E-state index in [2.05, 4.69) is 20.1 Å². The van der Waals surface area contributed by atoms with Crippen LogP contribution in [0.4, 0.5) is 117 Å². The van der Waals surface area contributed by atoms with E-state index in [0.717, 1.165) is 9.79 Å². The van der Waals surface area contributed by atoms with Gasteiger partial charge < -0.3 is 0 Å². The Hall–Kier alpha value is -8.44. The van der Waals surface area contributed by atoms with Crippen LogP contribution in [0.1, 0.15) is 54.9 Å². The van der Waals surface area contributed by atoms with Crippen molar-refractivity contribution in [2.24, 2.45) is 10.2 Å². The van der Waals surface area contributed by atoms with Crippen LogP contribution in [-0.2, 0) is 60.3 Å². The Balaban J connectivity index is 0.000000343. The van der Waals surface area contributed by atoms with Crippen LogP contribution in [0.2, 0.25) is 0 Å². The van der Waals surface area contributed by atoms with Gasteiger partial charge >= 0.3 is 49.4 Å². The van der Waals surface area contributed by atoms with Gasteiger partial charge in [0, 0.05) is 38.9 Å². The highest BCUT2D eigenvalue weighted by Crippen LogP contribution is 2.42. The van der Waals surface area contributed by atoms with E-state index in [1.54, 1.807) is 48.5 Å². The maximum atomic E-state index is 14.2. The monoisotopic (exact) mass is 1250 g/mol. The highest BCUT2D eigenvalue weighted by molar-refractivity contribution is 7.97. The van der Waals surface area contributed by atoms with Crippen LogP contribution in [0.25, 0.3) is 20.9 Å². The first kappa shape index (κ1) is 65.7. The number of azide groups is 2. The van der Waals surface area contributed by atoms with E-state index in [9.17, 15) is 110 Å². The summed E-state index contributed by atoms with van der Waals surface area (Å²) in [5, 5.41) is 7.32. The van der Waals surface area contributed by atoms with Crippen LogP contribution in [0, 0.1) is 0 Å². The molecular formula is C52H27BF24N6OS. The summed E-state index contributed by atoms with van der Waals surface area (Å²) in [6, 6.07) is 14.7. The molecule has 7 rings (SSSR count). The minimum atomic E-state index is -6.13. The second kappa shape index (κ2) is 23.9. The number of hydrogen-bond donors (Lipinski definition) is 0. The lowest BCUT2D eigenvalue weighted by molar-refractivity contribution is -0.144. The topological polar surface area (TPSA) is 115 Å². The Bertz CT molecular complexity index is 3210. The molecular weight excluding hydrogens is 1220 g/mol. The first-order valence-electron chi connectivity index (χ1n) is 22.9. The van der Waals surface area contributed by atoms with Crippen molar-refractivity contribution in [1.82, 2.24) is 0 Å². The summed E-state index contributed by atoms with van der Waals surface area (Å²) in [5.74, 6) is 0.260. The molecule has 0 saturated heterocycles. The molecule has 0 fully saturated rings. The summed E-state index contributed by atoms with van der Waals surface area (Å²) < 4.78 is 341. The summed E-state index contributed by atoms with van der Waals surface area (Å²) in [5.41, 5.74) is -11.2. The molecule has 0 radical (unpaired) electrons. The van der Waals surface area contributed by atoms with Crippen LogP contribution in [-0.4, -0.2) is 17.7 Å². The molecule has 0 N–H and O–H groups in total. The van der Waals surface area contributed by atoms with Gasteiger partial charge in [0.05, 0.1) is 55.4 Å². The molecule has 0 heterocycles. The van der Waals surface area contributed by atoms with Gasteiger partial charge in [0.1, 0.15) is 6.15 Å². The molecule has 0 unspecified atom stereocenters. The normalized spacial score (nSPS) is 13.2. The van der Waals surface area contributed by atoms with Gasteiger partial charge in [-0.1, -0.05) is 113 Å². The SMILES string of the molecule is FC(F)(F)c1cc([B-](c2cc(C(F)(F)F)cc(C(F)(F)F)c2)(c2cc(C(F)(F)F)cc(C(F)(F)F)c2)c2cc(C(F)(F)F)cc(C(F)(F)F)c2)cc(C(F)(F)F)c1.[N-]=[N+]=Nc1cccc([S+](CC(=O)c2ccccc2)c2cccc(N=[N+]=[N-])c2)c1. The van der Waals surface area contributed by atoms with Crippen molar-refractivity contribution in [3.8, 4) is 0 Å². The van der Waals surface area contributed by atoms with Crippen molar-refractivity contribution < 1.29 is 110 Å². The third-order valence-electron chi connectivity index (χ3n) is 12.3. The number of rotatable bonds is 11. The molecule has 0 saturated carbocycles. The third kappa shape index (κ3) is 15.7. The maximum Gasteiger partial charge on any atom is 0.416 e. The van der Waals surface area contributed by atoms with Gasteiger partial charge in [0.25, 0.3) is 0 Å². The van der Waals surface area contributed by atoms with Crippen molar-refractivity contribution in [2.45, 2.75) is 59.2 Å². The van der Waals surface area contributed by atoms with Crippen molar-refractivity contribution >= 4 is 56.1 Å². The number of carbonyl (C=O) groups is 1. The predicted octanol–water partition coefficient (Wildman–Crippen LogP) is 17.7. The number of alkyl halides is 24. The first-order valence-corrected chi connectivity index (χ1v) is 24.3. The standard InChI is InChI=1S/C32H12BF24.C20H15N6OS/c34-25(35,36)13-1-14(26(37,38)39)6-21(5-13)33(22-7-15(27(40,41)42)2-16(8-22)28(43,44)45,23-9-17(29(46,47)48)3-18(10-23)30(49,50)51)24-11-19(31(52,53)54)4-20(12-24)32(55,56)57;21-25-23-16-8-4-10-18(12-16)28(14-20(27)15-6-2-1-3-7-15)19-11-5-9-17(13-19)24-26-22/h1-12H;1-13H,14H2/q-1;+1. The molecule has 33 heteroatoms. The molecule has 0 bridgehead atoms. The average Bonchev–Trinajstić information content (AvgIpc) is 0.757. The molecule has 0 spiro atoms. The fourth-order valence-electron chi connectivity index (χ4n) is 8.71. The molecule has 7 aromatic rings. The lowest BCUT2D eigenvalue weighted by atomic mass is 9.12. The van der Waals surface area contributed by atoms with E-state index in [1.165, 1.54) is 0 Å². The molecule has 0 aliphatic carbocycles. The Morgan fingerprint density at radius 3 is 0.824 bits per heavy atom. The van der Waals surface area contributed by atoms with Crippen molar-refractivity contribution in [3.05, 3.63) is 223 Å². The van der Waals surface area contributed by atoms with Gasteiger partial charge in [0.2, 0.25) is 5.78 Å². The van der Waals surface area contributed by atoms with E-state index in [4.69, 9.17) is 11.1 Å². The second-order valence-corrected chi connectivity index (χ2v) is 19.9. The Labute approximate surface area is 463 Å². The smallest absolute Gasteiger partial charge is 0.289 e. The minimum Gasteiger partial charge on any atom is -0.289 e. The van der Waals surface area contributed by atoms with E-state index in [1.807, 2.05) is 30.3 Å². The predicted molar refractivity (Wildman–Crippen MR) is 260 cm³/mol. The van der Waals surface area contributed by atoms with Crippen LogP contribution < -0.4 is 21.9 Å². The van der Waals surface area contributed by atoms with Gasteiger partial charge in [-0.25, -0.2) is 0 Å².